The van der Waals surface area contributed by atoms with Gasteiger partial charge < -0.3 is 4.52 Å². The molecule has 4 rings (SSSR count). The zero-order valence-electron chi connectivity index (χ0n) is 12.4. The zero-order valence-corrected chi connectivity index (χ0v) is 12.4. The SMILES string of the molecule is Cc1ccc(-c2noc(-c3cccnc3-n3ccnc3)n2)cc1. The second-order valence-corrected chi connectivity index (χ2v) is 5.13. The lowest BCUT2D eigenvalue weighted by molar-refractivity contribution is 0.432. The van der Waals surface area contributed by atoms with Crippen LogP contribution in [0, 0.1) is 6.92 Å². The van der Waals surface area contributed by atoms with Gasteiger partial charge in [-0.2, -0.15) is 4.98 Å². The standard InChI is InChI=1S/C17H13N5O/c1-12-4-6-13(7-5-12)15-20-17(23-21-15)14-3-2-8-19-16(14)22-10-9-18-11-22/h2-11H,1H3. The molecule has 0 bridgehead atoms. The van der Waals surface area contributed by atoms with Crippen molar-refractivity contribution in [2.24, 2.45) is 0 Å². The summed E-state index contributed by atoms with van der Waals surface area (Å²) < 4.78 is 7.25. The molecule has 6 nitrogen and oxygen atoms in total. The average Bonchev–Trinajstić information content (AvgIpc) is 3.27. The highest BCUT2D eigenvalue weighted by Crippen LogP contribution is 2.26. The van der Waals surface area contributed by atoms with E-state index < -0.39 is 0 Å². The monoisotopic (exact) mass is 303 g/mol. The summed E-state index contributed by atoms with van der Waals surface area (Å²) in [5.74, 6) is 1.68. The minimum Gasteiger partial charge on any atom is -0.333 e. The number of aromatic nitrogens is 5. The number of hydrogen-bond acceptors (Lipinski definition) is 5. The second-order valence-electron chi connectivity index (χ2n) is 5.13. The average molecular weight is 303 g/mol. The molecule has 0 aliphatic carbocycles. The van der Waals surface area contributed by atoms with Gasteiger partial charge in [-0.3, -0.25) is 4.57 Å². The number of pyridine rings is 1. The van der Waals surface area contributed by atoms with Crippen molar-refractivity contribution in [3.8, 4) is 28.7 Å². The molecular weight excluding hydrogens is 290 g/mol. The van der Waals surface area contributed by atoms with E-state index in [1.54, 1.807) is 18.7 Å². The summed E-state index contributed by atoms with van der Waals surface area (Å²) in [4.78, 5) is 12.9. The van der Waals surface area contributed by atoms with Crippen molar-refractivity contribution in [2.45, 2.75) is 6.92 Å². The van der Waals surface area contributed by atoms with Gasteiger partial charge in [0.2, 0.25) is 5.82 Å². The van der Waals surface area contributed by atoms with Crippen LogP contribution in [0.5, 0.6) is 0 Å². The van der Waals surface area contributed by atoms with Crippen molar-refractivity contribution in [3.63, 3.8) is 0 Å². The largest absolute Gasteiger partial charge is 0.333 e. The van der Waals surface area contributed by atoms with Crippen LogP contribution in [0.15, 0.2) is 65.8 Å². The number of imidazole rings is 1. The van der Waals surface area contributed by atoms with Gasteiger partial charge in [-0.1, -0.05) is 35.0 Å². The van der Waals surface area contributed by atoms with Gasteiger partial charge in [0, 0.05) is 24.2 Å². The van der Waals surface area contributed by atoms with Gasteiger partial charge in [-0.25, -0.2) is 9.97 Å². The molecule has 0 spiro atoms. The molecule has 0 saturated heterocycles. The smallest absolute Gasteiger partial charge is 0.262 e. The van der Waals surface area contributed by atoms with Crippen LogP contribution >= 0.6 is 0 Å². The highest BCUT2D eigenvalue weighted by atomic mass is 16.5. The topological polar surface area (TPSA) is 69.6 Å². The van der Waals surface area contributed by atoms with E-state index in [9.17, 15) is 0 Å². The molecule has 0 unspecified atom stereocenters. The third-order valence-corrected chi connectivity index (χ3v) is 3.50. The number of aryl methyl sites for hydroxylation is 1. The first-order valence-corrected chi connectivity index (χ1v) is 7.16. The summed E-state index contributed by atoms with van der Waals surface area (Å²) in [6.45, 7) is 2.04. The van der Waals surface area contributed by atoms with Crippen LogP contribution in [-0.2, 0) is 0 Å². The highest BCUT2D eigenvalue weighted by molar-refractivity contribution is 5.65. The van der Waals surface area contributed by atoms with E-state index in [0.29, 0.717) is 17.5 Å². The molecule has 0 fully saturated rings. The molecule has 1 aromatic carbocycles. The van der Waals surface area contributed by atoms with Gasteiger partial charge in [0.1, 0.15) is 6.33 Å². The number of rotatable bonds is 3. The third-order valence-electron chi connectivity index (χ3n) is 3.50. The first kappa shape index (κ1) is 13.4. The van der Waals surface area contributed by atoms with Crippen LogP contribution in [-0.4, -0.2) is 24.7 Å². The molecule has 6 heteroatoms. The molecule has 4 aromatic rings. The Balaban J connectivity index is 1.77. The molecule has 3 aromatic heterocycles. The Morgan fingerprint density at radius 2 is 1.91 bits per heavy atom. The molecule has 0 atom stereocenters. The molecule has 23 heavy (non-hydrogen) atoms. The first-order chi connectivity index (χ1) is 11.3. The lowest BCUT2D eigenvalue weighted by atomic mass is 10.1. The third kappa shape index (κ3) is 2.50. The zero-order chi connectivity index (χ0) is 15.6. The van der Waals surface area contributed by atoms with Crippen LogP contribution in [0.2, 0.25) is 0 Å². The molecule has 0 aliphatic heterocycles. The molecule has 0 amide bonds. The van der Waals surface area contributed by atoms with E-state index >= 15 is 0 Å². The fourth-order valence-electron chi connectivity index (χ4n) is 2.31. The van der Waals surface area contributed by atoms with Crippen molar-refractivity contribution in [1.29, 1.82) is 0 Å². The van der Waals surface area contributed by atoms with Gasteiger partial charge in [0.15, 0.2) is 5.82 Å². The summed E-state index contributed by atoms with van der Waals surface area (Å²) >= 11 is 0. The van der Waals surface area contributed by atoms with Crippen molar-refractivity contribution >= 4 is 0 Å². The van der Waals surface area contributed by atoms with E-state index in [4.69, 9.17) is 4.52 Å². The Labute approximate surface area is 132 Å². The number of benzene rings is 1. The predicted octanol–water partition coefficient (Wildman–Crippen LogP) is 3.29. The normalized spacial score (nSPS) is 10.8. The van der Waals surface area contributed by atoms with Gasteiger partial charge in [-0.05, 0) is 19.1 Å². The molecule has 0 saturated carbocycles. The lowest BCUT2D eigenvalue weighted by Crippen LogP contribution is -1.97. The summed E-state index contributed by atoms with van der Waals surface area (Å²) in [5.41, 5.74) is 2.86. The molecular formula is C17H13N5O. The van der Waals surface area contributed by atoms with Crippen molar-refractivity contribution in [1.82, 2.24) is 24.7 Å². The van der Waals surface area contributed by atoms with Gasteiger partial charge in [-0.15, -0.1) is 0 Å². The Hall–Kier alpha value is -3.28. The van der Waals surface area contributed by atoms with E-state index in [1.807, 2.05) is 54.1 Å². The Morgan fingerprint density at radius 1 is 1.04 bits per heavy atom. The second kappa shape index (κ2) is 5.49. The van der Waals surface area contributed by atoms with Crippen LogP contribution in [0.3, 0.4) is 0 Å². The summed E-state index contributed by atoms with van der Waals surface area (Å²) in [7, 11) is 0. The Kier molecular flexibility index (Phi) is 3.20. The minimum atomic E-state index is 0.428. The van der Waals surface area contributed by atoms with Crippen LogP contribution < -0.4 is 0 Å². The first-order valence-electron chi connectivity index (χ1n) is 7.16. The fourth-order valence-corrected chi connectivity index (χ4v) is 2.31. The molecule has 3 heterocycles. The molecule has 0 radical (unpaired) electrons. The van der Waals surface area contributed by atoms with Crippen LogP contribution in [0.25, 0.3) is 28.7 Å². The maximum atomic E-state index is 5.44. The summed E-state index contributed by atoms with van der Waals surface area (Å²) in [6.07, 6.45) is 6.92. The van der Waals surface area contributed by atoms with E-state index in [0.717, 1.165) is 11.1 Å². The summed E-state index contributed by atoms with van der Waals surface area (Å²) in [6, 6.07) is 11.7. The van der Waals surface area contributed by atoms with Crippen LogP contribution in [0.1, 0.15) is 5.56 Å². The fraction of sp³-hybridized carbons (Fsp3) is 0.0588. The quantitative estimate of drug-likeness (QED) is 0.581. The van der Waals surface area contributed by atoms with Gasteiger partial charge >= 0.3 is 0 Å². The number of hydrogen-bond donors (Lipinski definition) is 0. The van der Waals surface area contributed by atoms with Crippen LogP contribution in [0.4, 0.5) is 0 Å². The summed E-state index contributed by atoms with van der Waals surface area (Å²) in [5, 5.41) is 4.08. The van der Waals surface area contributed by atoms with Gasteiger partial charge in [0.05, 0.1) is 5.56 Å². The van der Waals surface area contributed by atoms with E-state index in [-0.39, 0.29) is 0 Å². The van der Waals surface area contributed by atoms with Gasteiger partial charge in [0.25, 0.3) is 5.89 Å². The van der Waals surface area contributed by atoms with E-state index in [2.05, 4.69) is 20.1 Å². The lowest BCUT2D eigenvalue weighted by Gasteiger charge is -2.04. The Morgan fingerprint density at radius 3 is 2.70 bits per heavy atom. The molecule has 0 aliphatic rings. The maximum Gasteiger partial charge on any atom is 0.262 e. The van der Waals surface area contributed by atoms with E-state index in [1.165, 1.54) is 5.56 Å². The Bertz CT molecular complexity index is 926. The maximum absolute atomic E-state index is 5.44. The minimum absolute atomic E-state index is 0.428. The van der Waals surface area contributed by atoms with Crippen molar-refractivity contribution in [2.75, 3.05) is 0 Å². The predicted molar refractivity (Wildman–Crippen MR) is 84.8 cm³/mol. The van der Waals surface area contributed by atoms with Crippen molar-refractivity contribution < 1.29 is 4.52 Å². The number of nitrogens with zero attached hydrogens (tertiary/aromatic N) is 5. The highest BCUT2D eigenvalue weighted by Gasteiger charge is 2.15. The molecule has 0 N–H and O–H groups in total. The van der Waals surface area contributed by atoms with Crippen molar-refractivity contribution in [3.05, 3.63) is 66.9 Å². The molecule has 112 valence electrons.